The lowest BCUT2D eigenvalue weighted by Gasteiger charge is -2.32. The van der Waals surface area contributed by atoms with Crippen molar-refractivity contribution < 1.29 is 19.4 Å². The van der Waals surface area contributed by atoms with Gasteiger partial charge in [0.25, 0.3) is 0 Å². The van der Waals surface area contributed by atoms with Gasteiger partial charge in [-0.05, 0) is 36.2 Å². The largest absolute Gasteiger partial charge is 0.400 e. The van der Waals surface area contributed by atoms with E-state index in [0.29, 0.717) is 25.1 Å². The van der Waals surface area contributed by atoms with Crippen molar-refractivity contribution in [2.75, 3.05) is 20.2 Å². The molecule has 1 saturated heterocycles. The maximum Gasteiger partial charge on any atom is 0.220 e. The van der Waals surface area contributed by atoms with E-state index in [0.717, 1.165) is 23.8 Å². The lowest BCUT2D eigenvalue weighted by Crippen LogP contribution is -2.50. The molecule has 4 N–H and O–H groups in total. The molecule has 4 rings (SSSR count). The standard InChI is InChI=1S/C24H24FN3O2S.CH4O/c1-24(30,31)23-26-10-12-28(23)11-2-3-16-4-6-17(7-5-16)20-9-8-18(13-21(20)25)19-14-22(29)27-15-19;1-2/h4-10,12-13,19,23,26,30-31H,11,14-15H2,1H3,(H,27,29);2H,1H3. The summed E-state index contributed by atoms with van der Waals surface area (Å²) in [4.78, 5) is 12.1. The van der Waals surface area contributed by atoms with Crippen molar-refractivity contribution in [3.8, 4) is 23.0 Å². The predicted octanol–water partition coefficient (Wildman–Crippen LogP) is 2.40. The Bertz CT molecular complexity index is 1070. The van der Waals surface area contributed by atoms with Crippen LogP contribution in [0.5, 0.6) is 0 Å². The Balaban J connectivity index is 0.00000149. The maximum absolute atomic E-state index is 14.7. The van der Waals surface area contributed by atoms with Crippen LogP contribution in [-0.4, -0.2) is 52.3 Å². The fourth-order valence-corrected chi connectivity index (χ4v) is 4.08. The highest BCUT2D eigenvalue weighted by molar-refractivity contribution is 7.81. The molecule has 1 amide bonds. The molecule has 0 saturated carbocycles. The number of nitrogens with zero attached hydrogens (tertiary/aromatic N) is 1. The SMILES string of the molecule is CC(O)(S)C1NC=CN1CC#Cc1ccc(-c2ccc(C3CNC(=O)C3)cc2F)cc1.CO. The van der Waals surface area contributed by atoms with Gasteiger partial charge in [-0.3, -0.25) is 4.79 Å². The minimum Gasteiger partial charge on any atom is -0.400 e. The molecule has 8 heteroatoms. The normalized spacial score (nSPS) is 20.7. The van der Waals surface area contributed by atoms with E-state index in [1.807, 2.05) is 41.4 Å². The third-order valence-electron chi connectivity index (χ3n) is 5.50. The number of carbonyl (C=O) groups excluding carboxylic acids is 1. The summed E-state index contributed by atoms with van der Waals surface area (Å²) >= 11 is 4.21. The zero-order chi connectivity index (χ0) is 24.0. The van der Waals surface area contributed by atoms with E-state index in [1.165, 1.54) is 6.07 Å². The average molecular weight is 470 g/mol. The Labute approximate surface area is 198 Å². The van der Waals surface area contributed by atoms with Crippen LogP contribution in [-0.2, 0) is 4.79 Å². The number of amides is 1. The van der Waals surface area contributed by atoms with Crippen LogP contribution < -0.4 is 10.6 Å². The van der Waals surface area contributed by atoms with Crippen molar-refractivity contribution in [1.29, 1.82) is 0 Å². The highest BCUT2D eigenvalue weighted by atomic mass is 32.1. The van der Waals surface area contributed by atoms with Gasteiger partial charge in [0.15, 0.2) is 0 Å². The maximum atomic E-state index is 14.7. The lowest BCUT2D eigenvalue weighted by atomic mass is 9.95. The molecule has 0 bridgehead atoms. The van der Waals surface area contributed by atoms with Crippen LogP contribution in [0.25, 0.3) is 11.1 Å². The quantitative estimate of drug-likeness (QED) is 0.270. The van der Waals surface area contributed by atoms with Gasteiger partial charge in [0.2, 0.25) is 5.91 Å². The number of hydrogen-bond donors (Lipinski definition) is 5. The van der Waals surface area contributed by atoms with E-state index < -0.39 is 4.93 Å². The molecule has 0 spiro atoms. The number of benzene rings is 2. The molecule has 2 aliphatic rings. The number of rotatable bonds is 4. The Kier molecular flexibility index (Phi) is 8.03. The smallest absolute Gasteiger partial charge is 0.220 e. The van der Waals surface area contributed by atoms with Crippen LogP contribution in [0.15, 0.2) is 54.9 Å². The highest BCUT2D eigenvalue weighted by Gasteiger charge is 2.33. The van der Waals surface area contributed by atoms with Gasteiger partial charge < -0.3 is 25.7 Å². The van der Waals surface area contributed by atoms with Gasteiger partial charge in [0.05, 0.1) is 6.54 Å². The zero-order valence-electron chi connectivity index (χ0n) is 18.5. The summed E-state index contributed by atoms with van der Waals surface area (Å²) in [5.74, 6) is 5.92. The fraction of sp³-hybridized carbons (Fsp3) is 0.320. The first-order valence-corrected chi connectivity index (χ1v) is 11.0. The molecule has 174 valence electrons. The van der Waals surface area contributed by atoms with E-state index in [9.17, 15) is 14.3 Å². The van der Waals surface area contributed by atoms with Gasteiger partial charge in [-0.1, -0.05) is 36.1 Å². The number of thiol groups is 1. The summed E-state index contributed by atoms with van der Waals surface area (Å²) in [6, 6.07) is 12.6. The molecule has 2 aromatic carbocycles. The average Bonchev–Trinajstić information content (AvgIpc) is 3.45. The first-order valence-electron chi connectivity index (χ1n) is 10.5. The Morgan fingerprint density at radius 2 is 1.97 bits per heavy atom. The minimum atomic E-state index is -1.20. The van der Waals surface area contributed by atoms with Crippen LogP contribution in [0.2, 0.25) is 0 Å². The van der Waals surface area contributed by atoms with Gasteiger partial charge in [-0.25, -0.2) is 4.39 Å². The van der Waals surface area contributed by atoms with Crippen molar-refractivity contribution in [2.24, 2.45) is 0 Å². The summed E-state index contributed by atoms with van der Waals surface area (Å²) in [6.07, 6.45) is 3.64. The summed E-state index contributed by atoms with van der Waals surface area (Å²) in [5, 5.41) is 22.9. The monoisotopic (exact) mass is 469 g/mol. The van der Waals surface area contributed by atoms with Gasteiger partial charge in [0.1, 0.15) is 16.9 Å². The summed E-state index contributed by atoms with van der Waals surface area (Å²) < 4.78 is 14.7. The fourth-order valence-electron chi connectivity index (χ4n) is 3.85. The van der Waals surface area contributed by atoms with E-state index in [4.69, 9.17) is 5.11 Å². The summed E-state index contributed by atoms with van der Waals surface area (Å²) in [5.41, 5.74) is 2.95. The molecule has 2 heterocycles. The van der Waals surface area contributed by atoms with E-state index >= 15 is 0 Å². The molecule has 0 aliphatic carbocycles. The highest BCUT2D eigenvalue weighted by Crippen LogP contribution is 2.29. The van der Waals surface area contributed by atoms with Crippen LogP contribution >= 0.6 is 12.6 Å². The second-order valence-electron chi connectivity index (χ2n) is 7.97. The molecule has 0 aromatic heterocycles. The number of aliphatic hydroxyl groups excluding tert-OH is 1. The Morgan fingerprint density at radius 3 is 2.58 bits per heavy atom. The first kappa shape index (κ1) is 24.6. The van der Waals surface area contributed by atoms with E-state index in [-0.39, 0.29) is 23.8 Å². The Morgan fingerprint density at radius 1 is 1.24 bits per heavy atom. The van der Waals surface area contributed by atoms with Gasteiger partial charge in [-0.15, -0.1) is 12.6 Å². The molecular weight excluding hydrogens is 441 g/mol. The van der Waals surface area contributed by atoms with Crippen molar-refractivity contribution in [3.05, 3.63) is 71.8 Å². The Hall–Kier alpha value is -2.99. The molecule has 2 aliphatic heterocycles. The molecule has 2 aromatic rings. The molecule has 3 unspecified atom stereocenters. The van der Waals surface area contributed by atoms with Crippen molar-refractivity contribution in [1.82, 2.24) is 15.5 Å². The number of hydrogen-bond acceptors (Lipinski definition) is 6. The lowest BCUT2D eigenvalue weighted by molar-refractivity contribution is -0.119. The first-order chi connectivity index (χ1) is 15.8. The molecule has 6 nitrogen and oxygen atoms in total. The summed E-state index contributed by atoms with van der Waals surface area (Å²) in [6.45, 7) is 2.61. The molecule has 33 heavy (non-hydrogen) atoms. The number of aliphatic hydroxyl groups is 2. The summed E-state index contributed by atoms with van der Waals surface area (Å²) in [7, 11) is 1.00. The zero-order valence-corrected chi connectivity index (χ0v) is 19.4. The van der Waals surface area contributed by atoms with Crippen molar-refractivity contribution >= 4 is 18.5 Å². The topological polar surface area (TPSA) is 84.8 Å². The number of nitrogens with one attached hydrogen (secondary N) is 2. The molecule has 3 atom stereocenters. The molecule has 0 radical (unpaired) electrons. The molecule has 1 fully saturated rings. The van der Waals surface area contributed by atoms with Crippen molar-refractivity contribution in [3.63, 3.8) is 0 Å². The van der Waals surface area contributed by atoms with Crippen LogP contribution in [0.4, 0.5) is 4.39 Å². The van der Waals surface area contributed by atoms with E-state index in [1.54, 1.807) is 19.2 Å². The second-order valence-corrected chi connectivity index (χ2v) is 8.88. The van der Waals surface area contributed by atoms with Crippen molar-refractivity contribution in [2.45, 2.75) is 30.4 Å². The van der Waals surface area contributed by atoms with Crippen LogP contribution in [0.1, 0.15) is 30.4 Å². The number of carbonyl (C=O) groups is 1. The van der Waals surface area contributed by atoms with Gasteiger partial charge in [0, 0.05) is 49.5 Å². The van der Waals surface area contributed by atoms with Gasteiger partial charge in [-0.2, -0.15) is 0 Å². The minimum absolute atomic E-state index is 0.00900. The molecular formula is C25H28FN3O3S. The van der Waals surface area contributed by atoms with Crippen LogP contribution in [0.3, 0.4) is 0 Å². The predicted molar refractivity (Wildman–Crippen MR) is 130 cm³/mol. The van der Waals surface area contributed by atoms with Crippen LogP contribution in [0, 0.1) is 17.7 Å². The second kappa shape index (κ2) is 10.8. The van der Waals surface area contributed by atoms with Gasteiger partial charge >= 0.3 is 0 Å². The third kappa shape index (κ3) is 6.08. The number of halogens is 1. The van der Waals surface area contributed by atoms with E-state index in [2.05, 4.69) is 35.1 Å². The third-order valence-corrected chi connectivity index (χ3v) is 5.75.